The van der Waals surface area contributed by atoms with Crippen molar-refractivity contribution >= 4 is 11.6 Å². The standard InChI is InChI=1S/C17H17ClFNO/c1-20-15(8-11-6-7-13(18)10-14(11)19)17-9-12-4-2-3-5-16(12)21-17/h2-7,10,15,17,20H,8-9H2,1H3. The molecule has 2 aromatic rings. The van der Waals surface area contributed by atoms with Gasteiger partial charge in [0.15, 0.2) is 0 Å². The van der Waals surface area contributed by atoms with Crippen LogP contribution < -0.4 is 10.1 Å². The van der Waals surface area contributed by atoms with Gasteiger partial charge in [-0.05, 0) is 42.8 Å². The number of halogens is 2. The Hall–Kier alpha value is -1.58. The minimum Gasteiger partial charge on any atom is -0.488 e. The average Bonchev–Trinajstić information content (AvgIpc) is 2.90. The molecule has 1 aliphatic rings. The highest BCUT2D eigenvalue weighted by Gasteiger charge is 2.29. The lowest BCUT2D eigenvalue weighted by molar-refractivity contribution is 0.181. The van der Waals surface area contributed by atoms with Crippen molar-refractivity contribution in [1.29, 1.82) is 0 Å². The molecule has 0 aromatic heterocycles. The summed E-state index contributed by atoms with van der Waals surface area (Å²) in [4.78, 5) is 0. The third-order valence-electron chi connectivity index (χ3n) is 3.95. The SMILES string of the molecule is CNC(Cc1ccc(Cl)cc1F)C1Cc2ccccc2O1. The zero-order valence-corrected chi connectivity index (χ0v) is 12.5. The van der Waals surface area contributed by atoms with Crippen molar-refractivity contribution in [2.24, 2.45) is 0 Å². The van der Waals surface area contributed by atoms with Crippen LogP contribution in [-0.4, -0.2) is 19.2 Å². The van der Waals surface area contributed by atoms with Gasteiger partial charge in [0.05, 0.1) is 0 Å². The van der Waals surface area contributed by atoms with Gasteiger partial charge >= 0.3 is 0 Å². The summed E-state index contributed by atoms with van der Waals surface area (Å²) in [6, 6.07) is 12.9. The topological polar surface area (TPSA) is 21.3 Å². The number of ether oxygens (including phenoxy) is 1. The third kappa shape index (κ3) is 3.04. The second kappa shape index (κ2) is 6.04. The van der Waals surface area contributed by atoms with Crippen LogP contribution >= 0.6 is 11.6 Å². The van der Waals surface area contributed by atoms with E-state index in [2.05, 4.69) is 11.4 Å². The molecule has 4 heteroatoms. The minimum absolute atomic E-state index is 0.0162. The maximum absolute atomic E-state index is 13.9. The molecule has 1 N–H and O–H groups in total. The second-order valence-corrected chi connectivity index (χ2v) is 5.74. The van der Waals surface area contributed by atoms with Crippen LogP contribution in [0.15, 0.2) is 42.5 Å². The summed E-state index contributed by atoms with van der Waals surface area (Å²) in [6.45, 7) is 0. The van der Waals surface area contributed by atoms with Crippen molar-refractivity contribution in [3.8, 4) is 5.75 Å². The van der Waals surface area contributed by atoms with E-state index in [1.165, 1.54) is 11.6 Å². The van der Waals surface area contributed by atoms with E-state index in [1.54, 1.807) is 12.1 Å². The Morgan fingerprint density at radius 3 is 2.86 bits per heavy atom. The molecule has 0 radical (unpaired) electrons. The van der Waals surface area contributed by atoms with Gasteiger partial charge < -0.3 is 10.1 Å². The van der Waals surface area contributed by atoms with Gasteiger partial charge in [0.1, 0.15) is 17.7 Å². The third-order valence-corrected chi connectivity index (χ3v) is 4.18. The average molecular weight is 306 g/mol. The molecule has 0 bridgehead atoms. The molecule has 2 atom stereocenters. The lowest BCUT2D eigenvalue weighted by Gasteiger charge is -2.23. The Morgan fingerprint density at radius 2 is 2.14 bits per heavy atom. The van der Waals surface area contributed by atoms with Crippen molar-refractivity contribution < 1.29 is 9.13 Å². The van der Waals surface area contributed by atoms with E-state index >= 15 is 0 Å². The Balaban J connectivity index is 1.75. The van der Waals surface area contributed by atoms with E-state index in [0.717, 1.165) is 12.2 Å². The van der Waals surface area contributed by atoms with Crippen LogP contribution in [0.5, 0.6) is 5.75 Å². The monoisotopic (exact) mass is 305 g/mol. The molecule has 0 aliphatic carbocycles. The second-order valence-electron chi connectivity index (χ2n) is 5.30. The number of rotatable bonds is 4. The number of nitrogens with one attached hydrogen (secondary N) is 1. The number of para-hydroxylation sites is 1. The first-order valence-electron chi connectivity index (χ1n) is 7.03. The molecular formula is C17H17ClFNO. The van der Waals surface area contributed by atoms with Crippen LogP contribution in [-0.2, 0) is 12.8 Å². The minimum atomic E-state index is -0.265. The summed E-state index contributed by atoms with van der Waals surface area (Å²) in [5, 5.41) is 3.66. The first-order chi connectivity index (χ1) is 10.2. The molecule has 2 unspecified atom stereocenters. The number of fused-ring (bicyclic) bond motifs is 1. The quantitative estimate of drug-likeness (QED) is 0.931. The van der Waals surface area contributed by atoms with E-state index in [1.807, 2.05) is 25.2 Å². The van der Waals surface area contributed by atoms with Crippen LogP contribution in [0.2, 0.25) is 5.02 Å². The van der Waals surface area contributed by atoms with Crippen molar-refractivity contribution in [1.82, 2.24) is 5.32 Å². The predicted molar refractivity (Wildman–Crippen MR) is 82.5 cm³/mol. The largest absolute Gasteiger partial charge is 0.488 e. The maximum atomic E-state index is 13.9. The summed E-state index contributed by atoms with van der Waals surface area (Å²) in [6.07, 6.45) is 1.43. The van der Waals surface area contributed by atoms with Crippen molar-refractivity contribution in [3.63, 3.8) is 0 Å². The number of likely N-dealkylation sites (N-methyl/N-ethyl adjacent to an activating group) is 1. The van der Waals surface area contributed by atoms with Gasteiger partial charge in [-0.3, -0.25) is 0 Å². The van der Waals surface area contributed by atoms with Crippen LogP contribution in [0.4, 0.5) is 4.39 Å². The van der Waals surface area contributed by atoms with E-state index in [9.17, 15) is 4.39 Å². The molecule has 0 spiro atoms. The molecule has 2 aromatic carbocycles. The first kappa shape index (κ1) is 14.4. The molecule has 110 valence electrons. The Bertz CT molecular complexity index is 621. The predicted octanol–water partition coefficient (Wildman–Crippen LogP) is 3.61. The number of hydrogen-bond donors (Lipinski definition) is 1. The molecule has 0 saturated carbocycles. The molecule has 0 fully saturated rings. The summed E-state index contributed by atoms with van der Waals surface area (Å²) in [7, 11) is 1.88. The van der Waals surface area contributed by atoms with Crippen LogP contribution in [0.25, 0.3) is 0 Å². The fourth-order valence-corrected chi connectivity index (χ4v) is 2.94. The van der Waals surface area contributed by atoms with Gasteiger partial charge in [0.25, 0.3) is 0 Å². The Kier molecular flexibility index (Phi) is 4.13. The molecule has 1 aliphatic heterocycles. The normalized spacial score (nSPS) is 18.1. The highest BCUT2D eigenvalue weighted by Crippen LogP contribution is 2.30. The molecule has 21 heavy (non-hydrogen) atoms. The van der Waals surface area contributed by atoms with Crippen LogP contribution in [0.1, 0.15) is 11.1 Å². The van der Waals surface area contributed by atoms with E-state index in [-0.39, 0.29) is 18.0 Å². The molecule has 0 saturated heterocycles. The van der Waals surface area contributed by atoms with E-state index in [4.69, 9.17) is 16.3 Å². The van der Waals surface area contributed by atoms with Gasteiger partial charge in [0.2, 0.25) is 0 Å². The highest BCUT2D eigenvalue weighted by molar-refractivity contribution is 6.30. The van der Waals surface area contributed by atoms with Crippen molar-refractivity contribution in [2.75, 3.05) is 7.05 Å². The molecule has 0 amide bonds. The highest BCUT2D eigenvalue weighted by atomic mass is 35.5. The Labute approximate surface area is 128 Å². The lowest BCUT2D eigenvalue weighted by Crippen LogP contribution is -2.42. The molecule has 3 rings (SSSR count). The van der Waals surface area contributed by atoms with Gasteiger partial charge in [-0.25, -0.2) is 4.39 Å². The van der Waals surface area contributed by atoms with Gasteiger partial charge in [-0.15, -0.1) is 0 Å². The maximum Gasteiger partial charge on any atom is 0.127 e. The van der Waals surface area contributed by atoms with E-state index in [0.29, 0.717) is 17.0 Å². The van der Waals surface area contributed by atoms with Crippen molar-refractivity contribution in [2.45, 2.75) is 25.0 Å². The fourth-order valence-electron chi connectivity index (χ4n) is 2.78. The Morgan fingerprint density at radius 1 is 1.33 bits per heavy atom. The van der Waals surface area contributed by atoms with Crippen molar-refractivity contribution in [3.05, 3.63) is 64.4 Å². The smallest absolute Gasteiger partial charge is 0.127 e. The van der Waals surface area contributed by atoms with Gasteiger partial charge in [-0.2, -0.15) is 0 Å². The number of hydrogen-bond acceptors (Lipinski definition) is 2. The summed E-state index contributed by atoms with van der Waals surface area (Å²) >= 11 is 5.80. The summed E-state index contributed by atoms with van der Waals surface area (Å²) in [5.74, 6) is 0.664. The van der Waals surface area contributed by atoms with Gasteiger partial charge in [0, 0.05) is 17.5 Å². The molecule has 1 heterocycles. The summed E-state index contributed by atoms with van der Waals surface area (Å²) < 4.78 is 19.9. The number of benzene rings is 2. The van der Waals surface area contributed by atoms with Gasteiger partial charge in [-0.1, -0.05) is 35.9 Å². The first-order valence-corrected chi connectivity index (χ1v) is 7.41. The van der Waals surface area contributed by atoms with Crippen LogP contribution in [0, 0.1) is 5.82 Å². The van der Waals surface area contributed by atoms with Crippen LogP contribution in [0.3, 0.4) is 0 Å². The summed E-state index contributed by atoms with van der Waals surface area (Å²) in [5.41, 5.74) is 1.86. The fraction of sp³-hybridized carbons (Fsp3) is 0.294. The molecular weight excluding hydrogens is 289 g/mol. The zero-order chi connectivity index (χ0) is 14.8. The zero-order valence-electron chi connectivity index (χ0n) is 11.8. The lowest BCUT2D eigenvalue weighted by atomic mass is 9.98. The van der Waals surface area contributed by atoms with E-state index < -0.39 is 0 Å². The molecule has 2 nitrogen and oxygen atoms in total.